The van der Waals surface area contributed by atoms with Gasteiger partial charge in [0.2, 0.25) is 11.8 Å². The zero-order chi connectivity index (χ0) is 35.7. The number of hydrogen-bond acceptors (Lipinski definition) is 7. The molecule has 256 valence electrons. The lowest BCUT2D eigenvalue weighted by atomic mass is 9.71. The van der Waals surface area contributed by atoms with Crippen molar-refractivity contribution in [2.24, 2.45) is 23.7 Å². The summed E-state index contributed by atoms with van der Waals surface area (Å²) in [7, 11) is 0. The summed E-state index contributed by atoms with van der Waals surface area (Å²) < 4.78 is 5.43. The van der Waals surface area contributed by atoms with Gasteiger partial charge in [-0.2, -0.15) is 0 Å². The number of pyridine rings is 2. The van der Waals surface area contributed by atoms with Crippen LogP contribution in [0.1, 0.15) is 28.1 Å². The fourth-order valence-corrected chi connectivity index (χ4v) is 8.13. The van der Waals surface area contributed by atoms with E-state index in [0.29, 0.717) is 22.5 Å². The summed E-state index contributed by atoms with van der Waals surface area (Å²) in [5, 5.41) is 13.0. The lowest BCUT2D eigenvalue weighted by molar-refractivity contribution is -0.152. The number of aliphatic hydroxyl groups is 1. The van der Waals surface area contributed by atoms with Gasteiger partial charge in [-0.3, -0.25) is 29.3 Å². The van der Waals surface area contributed by atoms with Crippen LogP contribution in [0.3, 0.4) is 0 Å². The SMILES string of the molecule is O=C(CN1C(=O)C2C3C=C(C(O)(c4ccccc4)c4ccccn4)C(C3=C(c3ccccc3)c3ccccn3)C2C1=O)OCC=Cc1ccccc1. The average Bonchev–Trinajstić information content (AvgIpc) is 3.81. The predicted octanol–water partition coefficient (Wildman–Crippen LogP) is 6.26. The molecule has 5 atom stereocenters. The number of fused-ring (bicyclic) bond motifs is 5. The van der Waals surface area contributed by atoms with Crippen LogP contribution in [-0.4, -0.2) is 50.9 Å². The van der Waals surface area contributed by atoms with E-state index in [1.54, 1.807) is 30.6 Å². The van der Waals surface area contributed by atoms with Crippen molar-refractivity contribution in [1.29, 1.82) is 0 Å². The van der Waals surface area contributed by atoms with Crippen LogP contribution in [0.2, 0.25) is 0 Å². The molecule has 1 saturated heterocycles. The summed E-state index contributed by atoms with van der Waals surface area (Å²) in [6, 6.07) is 39.7. The quantitative estimate of drug-likeness (QED) is 0.105. The Morgan fingerprint density at radius 2 is 1.40 bits per heavy atom. The number of aromatic nitrogens is 2. The predicted molar refractivity (Wildman–Crippen MR) is 196 cm³/mol. The Bertz CT molecular complexity index is 2120. The maximum Gasteiger partial charge on any atom is 0.326 e. The number of benzene rings is 3. The molecule has 2 fully saturated rings. The van der Waals surface area contributed by atoms with Crippen molar-refractivity contribution in [2.45, 2.75) is 5.60 Å². The second-order valence-corrected chi connectivity index (χ2v) is 13.1. The van der Waals surface area contributed by atoms with Crippen LogP contribution < -0.4 is 0 Å². The van der Waals surface area contributed by atoms with Crippen molar-refractivity contribution in [1.82, 2.24) is 14.9 Å². The highest BCUT2D eigenvalue weighted by Gasteiger charge is 2.67. The number of amides is 2. The Morgan fingerprint density at radius 1 is 0.769 bits per heavy atom. The monoisotopic (exact) mass is 685 g/mol. The van der Waals surface area contributed by atoms with Crippen LogP contribution in [0, 0.1) is 23.7 Å². The van der Waals surface area contributed by atoms with E-state index in [9.17, 15) is 19.5 Å². The smallest absolute Gasteiger partial charge is 0.326 e. The van der Waals surface area contributed by atoms with Crippen LogP contribution in [-0.2, 0) is 24.7 Å². The van der Waals surface area contributed by atoms with Gasteiger partial charge in [0.15, 0.2) is 5.60 Å². The van der Waals surface area contributed by atoms with E-state index < -0.39 is 53.6 Å². The first-order chi connectivity index (χ1) is 25.5. The molecule has 2 amide bonds. The minimum Gasteiger partial charge on any atom is -0.460 e. The summed E-state index contributed by atoms with van der Waals surface area (Å²) in [6.07, 6.45) is 8.86. The number of rotatable bonds is 10. The summed E-state index contributed by atoms with van der Waals surface area (Å²) >= 11 is 0. The molecule has 8 nitrogen and oxygen atoms in total. The van der Waals surface area contributed by atoms with Gasteiger partial charge in [-0.1, -0.05) is 115 Å². The Morgan fingerprint density at radius 3 is 2.08 bits per heavy atom. The van der Waals surface area contributed by atoms with Crippen LogP contribution in [0.15, 0.2) is 163 Å². The van der Waals surface area contributed by atoms with Crippen molar-refractivity contribution >= 4 is 29.4 Å². The molecule has 3 aromatic carbocycles. The van der Waals surface area contributed by atoms with Gasteiger partial charge in [-0.05, 0) is 58.2 Å². The first-order valence-corrected chi connectivity index (χ1v) is 17.3. The van der Waals surface area contributed by atoms with E-state index in [2.05, 4.69) is 4.98 Å². The number of likely N-dealkylation sites (tertiary alicyclic amines) is 1. The molecule has 5 aromatic rings. The zero-order valence-corrected chi connectivity index (χ0v) is 28.2. The molecule has 8 heteroatoms. The van der Waals surface area contributed by atoms with Crippen LogP contribution in [0.4, 0.5) is 0 Å². The summed E-state index contributed by atoms with van der Waals surface area (Å²) in [6.45, 7) is -0.494. The number of allylic oxidation sites excluding steroid dienone is 2. The van der Waals surface area contributed by atoms with Crippen LogP contribution >= 0.6 is 0 Å². The van der Waals surface area contributed by atoms with Crippen molar-refractivity contribution in [3.63, 3.8) is 0 Å². The molecule has 3 heterocycles. The van der Waals surface area contributed by atoms with E-state index in [-0.39, 0.29) is 6.61 Å². The largest absolute Gasteiger partial charge is 0.460 e. The van der Waals surface area contributed by atoms with Gasteiger partial charge >= 0.3 is 5.97 Å². The van der Waals surface area contributed by atoms with E-state index in [1.807, 2.05) is 127 Å². The minimum absolute atomic E-state index is 0.000654. The van der Waals surface area contributed by atoms with Gasteiger partial charge in [0, 0.05) is 29.8 Å². The van der Waals surface area contributed by atoms with Gasteiger partial charge in [-0.15, -0.1) is 0 Å². The van der Waals surface area contributed by atoms with E-state index in [4.69, 9.17) is 9.72 Å². The number of esters is 1. The standard InChI is InChI=1S/C44H35N3O5/c48-36(52-26-14-17-29-15-4-1-5-16-29)28-47-42(49)39-32-27-33(44(51,31-20-8-3-9-21-31)35-23-11-13-25-46-35)40(41(39)43(47)50)38(32)37(30-18-6-2-7-19-30)34-22-10-12-24-45-34/h1-25,27,32,39-41,51H,26,28H2. The molecule has 2 bridgehead atoms. The molecule has 1 aliphatic heterocycles. The number of ether oxygens (including phenoxy) is 1. The number of imide groups is 1. The molecule has 3 aliphatic rings. The van der Waals surface area contributed by atoms with Gasteiger partial charge in [0.05, 0.1) is 23.2 Å². The Hall–Kier alpha value is -6.25. The molecule has 5 unspecified atom stereocenters. The number of carbonyl (C=O) groups is 3. The summed E-state index contributed by atoms with van der Waals surface area (Å²) in [4.78, 5) is 52.3. The fraction of sp³-hybridized carbons (Fsp3) is 0.159. The average molecular weight is 686 g/mol. The molecule has 2 aliphatic carbocycles. The van der Waals surface area contributed by atoms with Gasteiger partial charge in [0.1, 0.15) is 13.2 Å². The third-order valence-corrected chi connectivity index (χ3v) is 10.3. The molecular formula is C44H35N3O5. The molecule has 1 N–H and O–H groups in total. The number of carbonyl (C=O) groups excluding carboxylic acids is 3. The lowest BCUT2D eigenvalue weighted by Gasteiger charge is -2.36. The van der Waals surface area contributed by atoms with E-state index in [0.717, 1.165) is 27.2 Å². The second kappa shape index (κ2) is 13.8. The third kappa shape index (κ3) is 5.67. The summed E-state index contributed by atoms with van der Waals surface area (Å²) in [5.41, 5.74) is 4.01. The maximum absolute atomic E-state index is 14.5. The van der Waals surface area contributed by atoms with Crippen molar-refractivity contribution in [3.8, 4) is 0 Å². The zero-order valence-electron chi connectivity index (χ0n) is 28.2. The summed E-state index contributed by atoms with van der Waals surface area (Å²) in [5.74, 6) is -4.47. The Kier molecular flexibility index (Phi) is 8.75. The van der Waals surface area contributed by atoms with Gasteiger partial charge in [0.25, 0.3) is 0 Å². The van der Waals surface area contributed by atoms with Crippen LogP contribution in [0.25, 0.3) is 11.6 Å². The molecular weight excluding hydrogens is 651 g/mol. The van der Waals surface area contributed by atoms with Gasteiger partial charge in [-0.25, -0.2) is 0 Å². The third-order valence-electron chi connectivity index (χ3n) is 10.3. The van der Waals surface area contributed by atoms with E-state index >= 15 is 0 Å². The van der Waals surface area contributed by atoms with E-state index in [1.165, 1.54) is 0 Å². The fourth-order valence-electron chi connectivity index (χ4n) is 8.13. The van der Waals surface area contributed by atoms with Crippen molar-refractivity contribution in [3.05, 3.63) is 191 Å². The Balaban J connectivity index is 1.21. The topological polar surface area (TPSA) is 110 Å². The maximum atomic E-state index is 14.5. The highest BCUT2D eigenvalue weighted by atomic mass is 16.5. The molecule has 8 rings (SSSR count). The minimum atomic E-state index is -1.73. The molecule has 2 aromatic heterocycles. The molecule has 52 heavy (non-hydrogen) atoms. The first kappa shape index (κ1) is 32.9. The normalized spacial score (nSPS) is 22.6. The highest BCUT2D eigenvalue weighted by molar-refractivity contribution is 6.09. The second-order valence-electron chi connectivity index (χ2n) is 13.1. The Labute approximate surface area is 301 Å². The number of hydrogen-bond donors (Lipinski definition) is 1. The van der Waals surface area contributed by atoms with Crippen molar-refractivity contribution < 1.29 is 24.2 Å². The van der Waals surface area contributed by atoms with Crippen LogP contribution in [0.5, 0.6) is 0 Å². The molecule has 0 spiro atoms. The molecule has 0 radical (unpaired) electrons. The highest BCUT2D eigenvalue weighted by Crippen LogP contribution is 2.64. The van der Waals surface area contributed by atoms with Crippen molar-refractivity contribution in [2.75, 3.05) is 13.2 Å². The number of nitrogens with zero attached hydrogens (tertiary/aromatic N) is 3. The van der Waals surface area contributed by atoms with Gasteiger partial charge < -0.3 is 9.84 Å². The molecule has 1 saturated carbocycles. The lowest BCUT2D eigenvalue weighted by Crippen LogP contribution is -2.40. The first-order valence-electron chi connectivity index (χ1n) is 17.3.